The Labute approximate surface area is 151 Å². The highest BCUT2D eigenvalue weighted by atomic mass is 16.4. The maximum atomic E-state index is 12.5. The van der Waals surface area contributed by atoms with Gasteiger partial charge in [-0.2, -0.15) is 0 Å². The Morgan fingerprint density at radius 1 is 0.962 bits per heavy atom. The SMILES string of the molecule is CCN(CC)c1ccc(C=C2C(=O)c3ccc(C(=O)[O-])cc3C2=O)cc1. The Kier molecular flexibility index (Phi) is 4.71. The number of carbonyl (C=O) groups is 3. The minimum Gasteiger partial charge on any atom is -0.545 e. The van der Waals surface area contributed by atoms with Crippen LogP contribution >= 0.6 is 0 Å². The lowest BCUT2D eigenvalue weighted by molar-refractivity contribution is -0.255. The molecule has 0 saturated carbocycles. The number of carbonyl (C=O) groups excluding carboxylic acids is 3. The zero-order valence-electron chi connectivity index (χ0n) is 14.6. The van der Waals surface area contributed by atoms with Crippen LogP contribution in [0.1, 0.15) is 50.5 Å². The number of rotatable bonds is 5. The van der Waals surface area contributed by atoms with Crippen LogP contribution in [0.25, 0.3) is 6.08 Å². The Hall–Kier alpha value is -3.21. The summed E-state index contributed by atoms with van der Waals surface area (Å²) in [6, 6.07) is 11.5. The number of carboxylic acid groups (broad SMARTS) is 1. The van der Waals surface area contributed by atoms with Crippen LogP contribution in [0.2, 0.25) is 0 Å². The zero-order valence-corrected chi connectivity index (χ0v) is 14.6. The van der Waals surface area contributed by atoms with Crippen LogP contribution in [0.4, 0.5) is 5.69 Å². The maximum absolute atomic E-state index is 12.5. The lowest BCUT2D eigenvalue weighted by atomic mass is 10.1. The van der Waals surface area contributed by atoms with E-state index in [1.54, 1.807) is 6.08 Å². The van der Waals surface area contributed by atoms with Crippen molar-refractivity contribution in [1.29, 1.82) is 0 Å². The second kappa shape index (κ2) is 6.96. The number of fused-ring (bicyclic) bond motifs is 1. The first-order valence-corrected chi connectivity index (χ1v) is 8.47. The molecule has 0 unspecified atom stereocenters. The highest BCUT2D eigenvalue weighted by molar-refractivity contribution is 6.41. The molecular formula is C21H18NO4-. The zero-order chi connectivity index (χ0) is 18.8. The predicted octanol–water partition coefficient (Wildman–Crippen LogP) is 2.36. The fourth-order valence-electron chi connectivity index (χ4n) is 3.12. The van der Waals surface area contributed by atoms with Crippen LogP contribution in [0.5, 0.6) is 0 Å². The summed E-state index contributed by atoms with van der Waals surface area (Å²) in [6.07, 6.45) is 1.55. The number of carboxylic acids is 1. The van der Waals surface area contributed by atoms with Gasteiger partial charge in [-0.05, 0) is 55.3 Å². The molecule has 1 aliphatic carbocycles. The van der Waals surface area contributed by atoms with Gasteiger partial charge in [0.1, 0.15) is 0 Å². The average Bonchev–Trinajstić information content (AvgIpc) is 2.88. The van der Waals surface area contributed by atoms with E-state index in [4.69, 9.17) is 0 Å². The molecule has 0 aromatic heterocycles. The second-order valence-corrected chi connectivity index (χ2v) is 6.03. The first-order chi connectivity index (χ1) is 12.5. The van der Waals surface area contributed by atoms with E-state index in [0.717, 1.165) is 24.3 Å². The Balaban J connectivity index is 1.93. The molecule has 3 rings (SSSR count). The fourth-order valence-corrected chi connectivity index (χ4v) is 3.12. The van der Waals surface area contributed by atoms with Crippen LogP contribution in [-0.2, 0) is 0 Å². The van der Waals surface area contributed by atoms with Crippen molar-refractivity contribution in [1.82, 2.24) is 0 Å². The standard InChI is InChI=1S/C21H19NO4/c1-3-22(4-2)15-8-5-13(6-9-15)11-18-19(23)16-10-7-14(21(25)26)12-17(16)20(18)24/h5-12H,3-4H2,1-2H3,(H,25,26)/p-1. The van der Waals surface area contributed by atoms with Gasteiger partial charge in [0.25, 0.3) is 0 Å². The van der Waals surface area contributed by atoms with Crippen LogP contribution in [0.3, 0.4) is 0 Å². The van der Waals surface area contributed by atoms with Crippen molar-refractivity contribution >= 4 is 29.3 Å². The monoisotopic (exact) mass is 348 g/mol. The summed E-state index contributed by atoms with van der Waals surface area (Å²) < 4.78 is 0. The Morgan fingerprint density at radius 2 is 1.58 bits per heavy atom. The molecular weight excluding hydrogens is 330 g/mol. The van der Waals surface area contributed by atoms with Crippen molar-refractivity contribution in [2.45, 2.75) is 13.8 Å². The number of anilines is 1. The minimum absolute atomic E-state index is 0.0473. The summed E-state index contributed by atoms with van der Waals surface area (Å²) in [4.78, 5) is 38.2. The lowest BCUT2D eigenvalue weighted by Crippen LogP contribution is -2.22. The van der Waals surface area contributed by atoms with Gasteiger partial charge in [-0.15, -0.1) is 0 Å². The normalized spacial score (nSPS) is 14.6. The molecule has 5 nitrogen and oxygen atoms in total. The summed E-state index contributed by atoms with van der Waals surface area (Å²) in [7, 11) is 0. The van der Waals surface area contributed by atoms with E-state index < -0.39 is 11.8 Å². The lowest BCUT2D eigenvalue weighted by Gasteiger charge is -2.20. The van der Waals surface area contributed by atoms with Crippen molar-refractivity contribution in [3.63, 3.8) is 0 Å². The minimum atomic E-state index is -1.38. The molecule has 0 heterocycles. The smallest absolute Gasteiger partial charge is 0.197 e. The summed E-state index contributed by atoms with van der Waals surface area (Å²) in [5.41, 5.74) is 2.09. The molecule has 2 aromatic rings. The van der Waals surface area contributed by atoms with Crippen LogP contribution in [0.15, 0.2) is 48.0 Å². The molecule has 26 heavy (non-hydrogen) atoms. The molecule has 0 radical (unpaired) electrons. The Morgan fingerprint density at radius 3 is 2.15 bits per heavy atom. The van der Waals surface area contributed by atoms with E-state index >= 15 is 0 Å². The van der Waals surface area contributed by atoms with Crippen molar-refractivity contribution in [3.8, 4) is 0 Å². The van der Waals surface area contributed by atoms with Crippen molar-refractivity contribution in [2.24, 2.45) is 0 Å². The topological polar surface area (TPSA) is 77.5 Å². The third-order valence-electron chi connectivity index (χ3n) is 4.57. The summed E-state index contributed by atoms with van der Waals surface area (Å²) >= 11 is 0. The van der Waals surface area contributed by atoms with E-state index in [-0.39, 0.29) is 28.0 Å². The van der Waals surface area contributed by atoms with Gasteiger partial charge in [0.15, 0.2) is 11.6 Å². The number of Topliss-reactive ketones (excluding diaryl/α,β-unsaturated/α-hetero) is 2. The van der Waals surface area contributed by atoms with Gasteiger partial charge in [0, 0.05) is 29.9 Å². The first-order valence-electron chi connectivity index (χ1n) is 8.47. The van der Waals surface area contributed by atoms with E-state index in [9.17, 15) is 19.5 Å². The quantitative estimate of drug-likeness (QED) is 0.612. The van der Waals surface area contributed by atoms with Gasteiger partial charge in [0.2, 0.25) is 0 Å². The molecule has 132 valence electrons. The van der Waals surface area contributed by atoms with Crippen LogP contribution < -0.4 is 10.0 Å². The van der Waals surface area contributed by atoms with E-state index in [1.165, 1.54) is 18.2 Å². The number of nitrogens with zero attached hydrogens (tertiary/aromatic N) is 1. The van der Waals surface area contributed by atoms with Crippen LogP contribution in [0, 0.1) is 0 Å². The first kappa shape index (κ1) is 17.6. The Bertz CT molecular complexity index is 922. The number of hydrogen-bond donors (Lipinski definition) is 0. The number of benzene rings is 2. The van der Waals surface area contributed by atoms with E-state index in [2.05, 4.69) is 18.7 Å². The molecule has 0 amide bonds. The third kappa shape index (κ3) is 3.04. The van der Waals surface area contributed by atoms with E-state index in [0.29, 0.717) is 0 Å². The van der Waals surface area contributed by atoms with Crippen molar-refractivity contribution in [3.05, 3.63) is 70.3 Å². The number of aromatic carboxylic acids is 1. The predicted molar refractivity (Wildman–Crippen MR) is 97.4 cm³/mol. The molecule has 0 fully saturated rings. The van der Waals surface area contributed by atoms with Crippen molar-refractivity contribution < 1.29 is 19.5 Å². The van der Waals surface area contributed by atoms with Crippen LogP contribution in [-0.4, -0.2) is 30.6 Å². The largest absolute Gasteiger partial charge is 0.545 e. The second-order valence-electron chi connectivity index (χ2n) is 6.03. The van der Waals surface area contributed by atoms with E-state index in [1.807, 2.05) is 24.3 Å². The highest BCUT2D eigenvalue weighted by Gasteiger charge is 2.33. The van der Waals surface area contributed by atoms with Gasteiger partial charge in [-0.3, -0.25) is 9.59 Å². The fraction of sp³-hybridized carbons (Fsp3) is 0.190. The van der Waals surface area contributed by atoms with Gasteiger partial charge in [-0.25, -0.2) is 0 Å². The van der Waals surface area contributed by atoms with Gasteiger partial charge in [0.05, 0.1) is 11.5 Å². The number of allylic oxidation sites excluding steroid dienone is 1. The molecule has 0 N–H and O–H groups in total. The maximum Gasteiger partial charge on any atom is 0.197 e. The highest BCUT2D eigenvalue weighted by Crippen LogP contribution is 2.29. The van der Waals surface area contributed by atoms with Gasteiger partial charge in [-0.1, -0.05) is 18.2 Å². The number of hydrogen-bond acceptors (Lipinski definition) is 5. The third-order valence-corrected chi connectivity index (χ3v) is 4.57. The summed E-state index contributed by atoms with van der Waals surface area (Å²) in [6.45, 7) is 5.94. The number of ketones is 2. The van der Waals surface area contributed by atoms with Gasteiger partial charge < -0.3 is 14.8 Å². The molecule has 2 aromatic carbocycles. The molecule has 0 saturated heterocycles. The molecule has 5 heteroatoms. The summed E-state index contributed by atoms with van der Waals surface area (Å²) in [5, 5.41) is 11.0. The summed E-state index contributed by atoms with van der Waals surface area (Å²) in [5.74, 6) is -2.22. The van der Waals surface area contributed by atoms with Crippen molar-refractivity contribution in [2.75, 3.05) is 18.0 Å². The molecule has 1 aliphatic rings. The molecule has 0 aliphatic heterocycles. The molecule has 0 bridgehead atoms. The average molecular weight is 348 g/mol. The molecule has 0 spiro atoms. The van der Waals surface area contributed by atoms with Gasteiger partial charge >= 0.3 is 0 Å². The molecule has 0 atom stereocenters.